The van der Waals surface area contributed by atoms with Crippen LogP contribution < -0.4 is 0 Å². The summed E-state index contributed by atoms with van der Waals surface area (Å²) in [6.07, 6.45) is -21.6. The fourth-order valence-corrected chi connectivity index (χ4v) is 0.944. The lowest BCUT2D eigenvalue weighted by atomic mass is 10.2. The molecule has 0 aliphatic heterocycles. The van der Waals surface area contributed by atoms with Crippen LogP contribution in [0, 0.1) is 0 Å². The summed E-state index contributed by atoms with van der Waals surface area (Å²) in [4.78, 5) is 0. The van der Waals surface area contributed by atoms with Gasteiger partial charge in [-0.25, -0.2) is 0 Å². The highest BCUT2D eigenvalue weighted by Crippen LogP contribution is 2.52. The van der Waals surface area contributed by atoms with Gasteiger partial charge in [0.1, 0.15) is 0 Å². The van der Waals surface area contributed by atoms with Crippen LogP contribution in [0.15, 0.2) is 12.6 Å². The third kappa shape index (κ3) is 3.73. The summed E-state index contributed by atoms with van der Waals surface area (Å²) < 4.78 is 144. The summed E-state index contributed by atoms with van der Waals surface area (Å²) in [6, 6.07) is -2.70. The van der Waals surface area contributed by atoms with E-state index >= 15 is 0 Å². The van der Waals surface area contributed by atoms with Gasteiger partial charge in [-0.1, -0.05) is 6.92 Å². The molecule has 22 heavy (non-hydrogen) atoms. The van der Waals surface area contributed by atoms with Gasteiger partial charge in [-0.2, -0.15) is 48.3 Å². The second-order valence-electron chi connectivity index (χ2n) is 3.74. The van der Waals surface area contributed by atoms with Crippen LogP contribution in [-0.4, -0.2) is 30.2 Å². The predicted octanol–water partition coefficient (Wildman–Crippen LogP) is 4.92. The van der Waals surface area contributed by atoms with Crippen molar-refractivity contribution in [3.8, 4) is 0 Å². The standard InChI is InChI=1S/C9H7F11O2/c1-3-5(11,12)8(17,18)22-6(13,7(14,15)16)9(19,20)21-4(2)10/h2-3H2,1H3. The Bertz CT molecular complexity index is 416. The van der Waals surface area contributed by atoms with Crippen LogP contribution >= 0.6 is 0 Å². The molecule has 0 aromatic heterocycles. The van der Waals surface area contributed by atoms with Gasteiger partial charge in [-0.15, -0.1) is 0 Å². The molecule has 132 valence electrons. The van der Waals surface area contributed by atoms with Crippen molar-refractivity contribution in [2.75, 3.05) is 0 Å². The lowest BCUT2D eigenvalue weighted by Gasteiger charge is -2.37. The molecule has 0 bridgehead atoms. The molecule has 0 aliphatic carbocycles. The lowest BCUT2D eigenvalue weighted by molar-refractivity contribution is -0.516. The molecular weight excluding hydrogens is 349 g/mol. The maximum Gasteiger partial charge on any atom is 0.471 e. The largest absolute Gasteiger partial charge is 0.471 e. The number of alkyl halides is 10. The second kappa shape index (κ2) is 5.74. The molecule has 2 nitrogen and oxygen atoms in total. The Balaban J connectivity index is 5.92. The van der Waals surface area contributed by atoms with Gasteiger partial charge in [0.2, 0.25) is 0 Å². The van der Waals surface area contributed by atoms with Crippen LogP contribution in [0.5, 0.6) is 0 Å². The Morgan fingerprint density at radius 3 is 1.55 bits per heavy atom. The molecule has 0 saturated carbocycles. The first-order valence-corrected chi connectivity index (χ1v) is 5.06. The van der Waals surface area contributed by atoms with Crippen molar-refractivity contribution in [3.05, 3.63) is 12.6 Å². The average molecular weight is 356 g/mol. The Morgan fingerprint density at radius 1 is 0.864 bits per heavy atom. The maximum absolute atomic E-state index is 13.4. The van der Waals surface area contributed by atoms with Crippen LogP contribution in [0.2, 0.25) is 0 Å². The second-order valence-corrected chi connectivity index (χ2v) is 3.74. The minimum Gasteiger partial charge on any atom is -0.402 e. The number of hydrogen-bond donors (Lipinski definition) is 0. The number of halogens is 11. The summed E-state index contributed by atoms with van der Waals surface area (Å²) in [5.74, 6) is -12.2. The third-order valence-electron chi connectivity index (χ3n) is 2.12. The van der Waals surface area contributed by atoms with E-state index in [-0.39, 0.29) is 0 Å². The van der Waals surface area contributed by atoms with E-state index < -0.39 is 42.6 Å². The molecule has 0 spiro atoms. The Hall–Kier alpha value is -1.27. The normalized spacial score (nSPS) is 17.1. The van der Waals surface area contributed by atoms with E-state index in [0.717, 1.165) is 0 Å². The van der Waals surface area contributed by atoms with Gasteiger partial charge in [-0.05, 0) is 6.58 Å². The summed E-state index contributed by atoms with van der Waals surface area (Å²) in [6.45, 7) is 2.24. The van der Waals surface area contributed by atoms with Crippen molar-refractivity contribution < 1.29 is 57.8 Å². The predicted molar refractivity (Wildman–Crippen MR) is 47.4 cm³/mol. The molecule has 0 saturated heterocycles. The van der Waals surface area contributed by atoms with E-state index in [4.69, 9.17) is 0 Å². The molecule has 0 rings (SSSR count). The fourth-order valence-electron chi connectivity index (χ4n) is 0.944. The topological polar surface area (TPSA) is 18.5 Å². The van der Waals surface area contributed by atoms with Crippen molar-refractivity contribution in [2.45, 2.75) is 43.5 Å². The Morgan fingerprint density at radius 2 is 1.27 bits per heavy atom. The minimum absolute atomic E-state index is 0.336. The third-order valence-corrected chi connectivity index (χ3v) is 2.12. The highest BCUT2D eigenvalue weighted by molar-refractivity contribution is 4.92. The van der Waals surface area contributed by atoms with Gasteiger partial charge < -0.3 is 4.74 Å². The zero-order valence-corrected chi connectivity index (χ0v) is 10.4. The zero-order valence-electron chi connectivity index (χ0n) is 10.4. The van der Waals surface area contributed by atoms with Crippen LogP contribution in [0.4, 0.5) is 48.3 Å². The monoisotopic (exact) mass is 356 g/mol. The number of rotatable bonds is 7. The lowest BCUT2D eigenvalue weighted by Crippen LogP contribution is -2.63. The molecule has 1 unspecified atom stereocenters. The van der Waals surface area contributed by atoms with E-state index in [2.05, 4.69) is 9.47 Å². The number of ether oxygens (including phenoxy) is 2. The minimum atomic E-state index is -6.99. The molecule has 0 radical (unpaired) electrons. The van der Waals surface area contributed by atoms with Crippen molar-refractivity contribution in [3.63, 3.8) is 0 Å². The summed E-state index contributed by atoms with van der Waals surface area (Å²) in [5.41, 5.74) is 0. The molecule has 0 aromatic carbocycles. The smallest absolute Gasteiger partial charge is 0.402 e. The van der Waals surface area contributed by atoms with Crippen molar-refractivity contribution in [1.82, 2.24) is 0 Å². The average Bonchev–Trinajstić information content (AvgIpc) is 2.24. The van der Waals surface area contributed by atoms with Gasteiger partial charge in [-0.3, -0.25) is 4.74 Å². The highest BCUT2D eigenvalue weighted by Gasteiger charge is 2.80. The molecule has 0 aliphatic rings. The van der Waals surface area contributed by atoms with E-state index in [9.17, 15) is 48.3 Å². The highest BCUT2D eigenvalue weighted by atomic mass is 19.4. The SMILES string of the molecule is C=C(F)OC(F)(F)C(F)(OC(F)(F)C(F)(F)CC)C(F)(F)F. The van der Waals surface area contributed by atoms with Crippen LogP contribution in [0.25, 0.3) is 0 Å². The summed E-state index contributed by atoms with van der Waals surface area (Å²) in [7, 11) is 0. The van der Waals surface area contributed by atoms with E-state index in [0.29, 0.717) is 6.92 Å². The van der Waals surface area contributed by atoms with E-state index in [1.165, 1.54) is 0 Å². The van der Waals surface area contributed by atoms with Crippen LogP contribution in [0.1, 0.15) is 13.3 Å². The summed E-state index contributed by atoms with van der Waals surface area (Å²) in [5, 5.41) is 0. The van der Waals surface area contributed by atoms with Gasteiger partial charge >= 0.3 is 30.2 Å². The van der Waals surface area contributed by atoms with Crippen molar-refractivity contribution in [1.29, 1.82) is 0 Å². The fraction of sp³-hybridized carbons (Fsp3) is 0.778. The molecule has 0 aromatic rings. The molecule has 0 heterocycles. The molecule has 0 N–H and O–H groups in total. The zero-order chi connectivity index (χ0) is 18.2. The Labute approximate surface area is 115 Å². The molecular formula is C9H7F11O2. The van der Waals surface area contributed by atoms with Crippen molar-refractivity contribution >= 4 is 0 Å². The van der Waals surface area contributed by atoms with Gasteiger partial charge in [0, 0.05) is 6.42 Å². The molecule has 0 amide bonds. The van der Waals surface area contributed by atoms with Crippen molar-refractivity contribution in [2.24, 2.45) is 0 Å². The quantitative estimate of drug-likeness (QED) is 0.476. The maximum atomic E-state index is 13.4. The van der Waals surface area contributed by atoms with Gasteiger partial charge in [0.15, 0.2) is 0 Å². The first kappa shape index (κ1) is 20.7. The summed E-state index contributed by atoms with van der Waals surface area (Å²) >= 11 is 0. The van der Waals surface area contributed by atoms with Crippen LogP contribution in [-0.2, 0) is 9.47 Å². The molecule has 13 heteroatoms. The van der Waals surface area contributed by atoms with Gasteiger partial charge in [0.25, 0.3) is 6.01 Å². The first-order chi connectivity index (χ1) is 9.43. The molecule has 1 atom stereocenters. The Kier molecular flexibility index (Phi) is 5.41. The van der Waals surface area contributed by atoms with Gasteiger partial charge in [0.05, 0.1) is 0 Å². The van der Waals surface area contributed by atoms with E-state index in [1.807, 2.05) is 6.58 Å². The van der Waals surface area contributed by atoms with E-state index in [1.54, 1.807) is 0 Å². The van der Waals surface area contributed by atoms with Crippen LogP contribution in [0.3, 0.4) is 0 Å². The number of hydrogen-bond acceptors (Lipinski definition) is 2. The first-order valence-electron chi connectivity index (χ1n) is 5.06. The molecule has 0 fully saturated rings.